The molecule has 198 valence electrons. The summed E-state index contributed by atoms with van der Waals surface area (Å²) in [6.45, 7) is 6.48. The Morgan fingerprint density at radius 3 is 2.54 bits per heavy atom. The van der Waals surface area contributed by atoms with Crippen LogP contribution in [0.25, 0.3) is 11.1 Å². The van der Waals surface area contributed by atoms with Crippen LogP contribution in [-0.2, 0) is 19.4 Å². The van der Waals surface area contributed by atoms with Gasteiger partial charge in [0.2, 0.25) is 0 Å². The van der Waals surface area contributed by atoms with Gasteiger partial charge in [-0.1, -0.05) is 24.3 Å². The van der Waals surface area contributed by atoms with Crippen molar-refractivity contribution in [1.29, 1.82) is 0 Å². The predicted molar refractivity (Wildman–Crippen MR) is 143 cm³/mol. The number of aromatic nitrogens is 4. The molecule has 2 N–H and O–H groups in total. The molecule has 0 saturated heterocycles. The van der Waals surface area contributed by atoms with Crippen molar-refractivity contribution in [1.82, 2.24) is 20.6 Å². The third kappa shape index (κ3) is 6.70. The van der Waals surface area contributed by atoms with Gasteiger partial charge in [-0.3, -0.25) is 10.3 Å². The van der Waals surface area contributed by atoms with Crippen LogP contribution >= 0.6 is 0 Å². The molecular weight excluding hydrogens is 503 g/mol. The summed E-state index contributed by atoms with van der Waals surface area (Å²) in [5.74, 6) is 2.66. The van der Waals surface area contributed by atoms with Crippen LogP contribution in [-0.4, -0.2) is 45.1 Å². The maximum absolute atomic E-state index is 9.60. The minimum Gasteiger partial charge on any atom is -0.491 e. The molecule has 0 saturated carbocycles. The SMILES string of the molecule is Cc1cc(OC[C@H](O)CO)cc(C)c1-c1cccc(COc2ccc3c(c2)CCC3Cc2nnn[n-]2)c1C.[Na+]. The molecule has 0 radical (unpaired) electrons. The van der Waals surface area contributed by atoms with E-state index in [4.69, 9.17) is 14.6 Å². The van der Waals surface area contributed by atoms with Gasteiger partial charge in [-0.25, -0.2) is 0 Å². The molecule has 1 aromatic heterocycles. The van der Waals surface area contributed by atoms with E-state index in [1.807, 2.05) is 12.1 Å². The van der Waals surface area contributed by atoms with Gasteiger partial charge >= 0.3 is 29.6 Å². The Kier molecular flexibility index (Phi) is 9.80. The van der Waals surface area contributed by atoms with Gasteiger partial charge in [0.05, 0.1) is 6.61 Å². The molecule has 1 aliphatic rings. The van der Waals surface area contributed by atoms with E-state index in [9.17, 15) is 5.11 Å². The fourth-order valence-electron chi connectivity index (χ4n) is 5.40. The molecule has 1 aliphatic carbocycles. The van der Waals surface area contributed by atoms with Gasteiger partial charge in [0, 0.05) is 5.82 Å². The van der Waals surface area contributed by atoms with Crippen LogP contribution in [0, 0.1) is 20.8 Å². The van der Waals surface area contributed by atoms with Crippen LogP contribution in [0.2, 0.25) is 0 Å². The fraction of sp³-hybridized carbons (Fsp3) is 0.367. The Morgan fingerprint density at radius 1 is 1.03 bits per heavy atom. The van der Waals surface area contributed by atoms with Crippen molar-refractivity contribution in [3.05, 3.63) is 87.7 Å². The summed E-state index contributed by atoms with van der Waals surface area (Å²) >= 11 is 0. The van der Waals surface area contributed by atoms with Crippen molar-refractivity contribution in [2.75, 3.05) is 13.2 Å². The quantitative estimate of drug-likeness (QED) is 0.289. The van der Waals surface area contributed by atoms with E-state index >= 15 is 0 Å². The van der Waals surface area contributed by atoms with Crippen LogP contribution in [0.15, 0.2) is 48.5 Å². The normalized spacial score (nSPS) is 14.9. The van der Waals surface area contributed by atoms with Crippen LogP contribution in [0.5, 0.6) is 11.5 Å². The summed E-state index contributed by atoms with van der Waals surface area (Å²) in [4.78, 5) is 0. The standard InChI is InChI=1S/C30H33N4O4.Na/c1-18-11-26(38-17-24(36)15-35)12-19(2)30(18)27-6-4-5-23(20(27)3)16-37-25-9-10-28-21(13-25)7-8-22(28)14-29-31-33-34-32-29;/h4-6,9-13,22,24,35-36H,7-8,14-17H2,1-3H3;/q-1;+1/t22?,24-;/m1./s1. The zero-order valence-electron chi connectivity index (χ0n) is 23.0. The molecule has 0 aliphatic heterocycles. The number of tetrazole rings is 1. The first-order valence-electron chi connectivity index (χ1n) is 13.0. The van der Waals surface area contributed by atoms with Gasteiger partial charge in [0.15, 0.2) is 0 Å². The predicted octanol–water partition coefficient (Wildman–Crippen LogP) is 1.01. The molecule has 0 bridgehead atoms. The zero-order valence-corrected chi connectivity index (χ0v) is 25.0. The first kappa shape index (κ1) is 29.2. The maximum atomic E-state index is 9.60. The summed E-state index contributed by atoms with van der Waals surface area (Å²) in [6.07, 6.45) is 1.96. The molecule has 2 atom stereocenters. The Labute approximate surface area is 251 Å². The largest absolute Gasteiger partial charge is 1.00 e. The number of aliphatic hydroxyl groups is 2. The molecule has 5 rings (SSSR count). The van der Waals surface area contributed by atoms with Gasteiger partial charge in [0.25, 0.3) is 0 Å². The van der Waals surface area contributed by atoms with Crippen molar-refractivity contribution in [2.45, 2.75) is 58.7 Å². The molecule has 8 nitrogen and oxygen atoms in total. The Morgan fingerprint density at radius 2 is 1.82 bits per heavy atom. The van der Waals surface area contributed by atoms with E-state index in [0.717, 1.165) is 41.7 Å². The van der Waals surface area contributed by atoms with Gasteiger partial charge in [-0.2, -0.15) is 5.21 Å². The van der Waals surface area contributed by atoms with E-state index in [1.165, 1.54) is 27.8 Å². The van der Waals surface area contributed by atoms with Gasteiger partial charge in [-0.15, -0.1) is 0 Å². The van der Waals surface area contributed by atoms with Crippen molar-refractivity contribution in [2.24, 2.45) is 0 Å². The summed E-state index contributed by atoms with van der Waals surface area (Å²) in [5.41, 5.74) is 9.49. The summed E-state index contributed by atoms with van der Waals surface area (Å²) < 4.78 is 11.9. The van der Waals surface area contributed by atoms with Crippen LogP contribution < -0.4 is 44.1 Å². The van der Waals surface area contributed by atoms with E-state index in [2.05, 4.69) is 77.8 Å². The zero-order chi connectivity index (χ0) is 26.6. The Balaban J connectivity index is 0.00000353. The fourth-order valence-corrected chi connectivity index (χ4v) is 5.40. The van der Waals surface area contributed by atoms with Crippen molar-refractivity contribution >= 4 is 0 Å². The number of aryl methyl sites for hydroxylation is 3. The molecule has 4 aromatic rings. The average Bonchev–Trinajstić information content (AvgIpc) is 3.57. The topological polar surface area (TPSA) is 112 Å². The van der Waals surface area contributed by atoms with Crippen LogP contribution in [0.1, 0.15) is 51.5 Å². The second-order valence-electron chi connectivity index (χ2n) is 10.1. The molecule has 1 heterocycles. The maximum Gasteiger partial charge on any atom is 1.00 e. The number of nitrogens with zero attached hydrogens (tertiary/aromatic N) is 4. The average molecular weight is 537 g/mol. The van der Waals surface area contributed by atoms with Crippen LogP contribution in [0.3, 0.4) is 0 Å². The summed E-state index contributed by atoms with van der Waals surface area (Å²) in [7, 11) is 0. The molecule has 1 unspecified atom stereocenters. The number of hydrogen-bond donors (Lipinski definition) is 2. The van der Waals surface area contributed by atoms with E-state index in [-0.39, 0.29) is 42.8 Å². The Bertz CT molecular complexity index is 1390. The second-order valence-corrected chi connectivity index (χ2v) is 10.1. The minimum absolute atomic E-state index is 0. The monoisotopic (exact) mass is 536 g/mol. The molecule has 39 heavy (non-hydrogen) atoms. The number of benzene rings is 3. The third-order valence-corrected chi connectivity index (χ3v) is 7.37. The molecule has 0 amide bonds. The van der Waals surface area contributed by atoms with Gasteiger partial charge in [0.1, 0.15) is 30.8 Å². The first-order chi connectivity index (χ1) is 18.4. The Hall–Kier alpha value is -2.75. The van der Waals surface area contributed by atoms with E-state index in [1.54, 1.807) is 0 Å². The smallest absolute Gasteiger partial charge is 0.491 e. The second kappa shape index (κ2) is 13.1. The summed E-state index contributed by atoms with van der Waals surface area (Å²) in [6, 6.07) is 16.7. The number of ether oxygens (including phenoxy) is 2. The van der Waals surface area contributed by atoms with Crippen LogP contribution in [0.4, 0.5) is 0 Å². The molecule has 0 fully saturated rings. The van der Waals surface area contributed by atoms with Crippen molar-refractivity contribution in [3.8, 4) is 22.6 Å². The molecule has 9 heteroatoms. The van der Waals surface area contributed by atoms with Crippen molar-refractivity contribution in [3.63, 3.8) is 0 Å². The minimum atomic E-state index is -0.892. The first-order valence-corrected chi connectivity index (χ1v) is 13.0. The number of aliphatic hydroxyl groups excluding tert-OH is 2. The number of rotatable bonds is 10. The third-order valence-electron chi connectivity index (χ3n) is 7.37. The van der Waals surface area contributed by atoms with Gasteiger partial charge < -0.3 is 24.8 Å². The molecule has 3 aromatic carbocycles. The number of hydrogen-bond acceptors (Lipinski definition) is 7. The van der Waals surface area contributed by atoms with Crippen molar-refractivity contribution < 1.29 is 49.2 Å². The molecule has 0 spiro atoms. The number of fused-ring (bicyclic) bond motifs is 1. The van der Waals surface area contributed by atoms with Gasteiger partial charge in [-0.05, 0) is 115 Å². The van der Waals surface area contributed by atoms with E-state index in [0.29, 0.717) is 24.1 Å². The summed E-state index contributed by atoms with van der Waals surface area (Å²) in [5, 5.41) is 33.8. The van der Waals surface area contributed by atoms with E-state index < -0.39 is 6.10 Å². The molecular formula is C30H33N4NaO4.